The van der Waals surface area contributed by atoms with Crippen molar-refractivity contribution in [2.75, 3.05) is 0 Å². The predicted molar refractivity (Wildman–Crippen MR) is 25.3 cm³/mol. The van der Waals surface area contributed by atoms with Gasteiger partial charge in [-0.1, -0.05) is 0 Å². The van der Waals surface area contributed by atoms with E-state index >= 15 is 0 Å². The number of unbranched alkanes of at least 4 members (excludes halogenated alkanes) is 1. The SMILES string of the molecule is CCC[CH2][Hg][C]#N. The third kappa shape index (κ3) is 6.43. The van der Waals surface area contributed by atoms with Gasteiger partial charge in [0.05, 0.1) is 0 Å². The van der Waals surface area contributed by atoms with Crippen molar-refractivity contribution in [3.63, 3.8) is 0 Å². The summed E-state index contributed by atoms with van der Waals surface area (Å²) in [6.45, 7) is 2.17. The number of rotatable bonds is 3. The first-order valence-electron chi connectivity index (χ1n) is 2.78. The van der Waals surface area contributed by atoms with Gasteiger partial charge in [0.1, 0.15) is 0 Å². The molecule has 0 fully saturated rings. The molecule has 0 bridgehead atoms. The van der Waals surface area contributed by atoms with Crippen molar-refractivity contribution in [2.24, 2.45) is 0 Å². The van der Waals surface area contributed by atoms with Crippen LogP contribution in [-0.2, 0) is 24.6 Å². The van der Waals surface area contributed by atoms with Gasteiger partial charge in [-0.2, -0.15) is 0 Å². The van der Waals surface area contributed by atoms with Crippen LogP contribution in [0.15, 0.2) is 0 Å². The Bertz CT molecular complexity index is 65.0. The van der Waals surface area contributed by atoms with Gasteiger partial charge in [0.2, 0.25) is 0 Å². The summed E-state index contributed by atoms with van der Waals surface area (Å²) in [5.41, 5.74) is 0. The van der Waals surface area contributed by atoms with Crippen LogP contribution in [0.4, 0.5) is 0 Å². The van der Waals surface area contributed by atoms with Crippen LogP contribution in [-0.4, -0.2) is 0 Å². The maximum atomic E-state index is 8.14. The van der Waals surface area contributed by atoms with Crippen LogP contribution < -0.4 is 0 Å². The molecule has 0 saturated carbocycles. The van der Waals surface area contributed by atoms with Crippen LogP contribution in [0.25, 0.3) is 0 Å². The summed E-state index contributed by atoms with van der Waals surface area (Å²) in [5, 5.41) is 8.14. The molecule has 2 heteroatoms. The summed E-state index contributed by atoms with van der Waals surface area (Å²) >= 11 is -0.892. The summed E-state index contributed by atoms with van der Waals surface area (Å²) < 4.78 is 3.62. The number of nitrogens with zero attached hydrogens (tertiary/aromatic N) is 1. The number of nitriles is 1. The van der Waals surface area contributed by atoms with Crippen molar-refractivity contribution in [1.29, 1.82) is 5.26 Å². The Morgan fingerprint density at radius 3 is 2.86 bits per heavy atom. The van der Waals surface area contributed by atoms with Crippen molar-refractivity contribution >= 4 is 0 Å². The van der Waals surface area contributed by atoms with Gasteiger partial charge in [0.25, 0.3) is 0 Å². The first-order valence-corrected chi connectivity index (χ1v) is 9.42. The summed E-state index contributed by atoms with van der Waals surface area (Å²) in [7, 11) is 0. The zero-order valence-corrected chi connectivity index (χ0v) is 10.3. The van der Waals surface area contributed by atoms with E-state index in [1.807, 2.05) is 0 Å². The molecule has 0 amide bonds. The fourth-order valence-electron chi connectivity index (χ4n) is 0.454. The van der Waals surface area contributed by atoms with Crippen molar-refractivity contribution in [1.82, 2.24) is 0 Å². The zero-order chi connectivity index (χ0) is 5.54. The molecular formula is C5H9HgN. The van der Waals surface area contributed by atoms with Crippen LogP contribution in [0, 0.1) is 8.84 Å². The Kier molecular flexibility index (Phi) is 6.82. The molecule has 0 spiro atoms. The molecule has 0 aromatic heterocycles. The summed E-state index contributed by atoms with van der Waals surface area (Å²) in [6.07, 6.45) is 2.57. The Morgan fingerprint density at radius 1 is 1.71 bits per heavy atom. The second-order valence-corrected chi connectivity index (χ2v) is 7.54. The van der Waals surface area contributed by atoms with Crippen molar-refractivity contribution in [3.8, 4) is 3.58 Å². The van der Waals surface area contributed by atoms with E-state index in [9.17, 15) is 0 Å². The number of hydrogen-bond donors (Lipinski definition) is 0. The average Bonchev–Trinajstić information content (AvgIpc) is 1.69. The fourth-order valence-corrected chi connectivity index (χ4v) is 3.98. The molecule has 0 N–H and O–H groups in total. The van der Waals surface area contributed by atoms with Gasteiger partial charge >= 0.3 is 57.1 Å². The van der Waals surface area contributed by atoms with E-state index in [2.05, 4.69) is 10.5 Å². The second-order valence-electron chi connectivity index (χ2n) is 1.62. The minimum absolute atomic E-state index is 0.892. The predicted octanol–water partition coefficient (Wildman–Crippen LogP) is 1.77. The van der Waals surface area contributed by atoms with E-state index in [0.29, 0.717) is 0 Å². The Hall–Kier alpha value is 0.425. The van der Waals surface area contributed by atoms with E-state index < -0.39 is 24.6 Å². The molecule has 1 nitrogen and oxygen atoms in total. The molecule has 0 aliphatic carbocycles. The van der Waals surface area contributed by atoms with E-state index in [1.54, 1.807) is 0 Å². The molecular weight excluding hydrogens is 275 g/mol. The van der Waals surface area contributed by atoms with Gasteiger partial charge < -0.3 is 0 Å². The standard InChI is InChI=1S/C4H9.CN.Hg/c1-3-4-2;1-2;/h1,3-4H2,2H3;;. The minimum atomic E-state index is -0.892. The van der Waals surface area contributed by atoms with Gasteiger partial charge in [-0.3, -0.25) is 0 Å². The maximum absolute atomic E-state index is 8.14. The molecule has 36 valence electrons. The Morgan fingerprint density at radius 2 is 2.43 bits per heavy atom. The summed E-state index contributed by atoms with van der Waals surface area (Å²) in [6, 6.07) is 0. The van der Waals surface area contributed by atoms with Crippen LogP contribution >= 0.6 is 0 Å². The van der Waals surface area contributed by atoms with E-state index in [4.69, 9.17) is 5.26 Å². The molecule has 0 aromatic carbocycles. The first kappa shape index (κ1) is 7.43. The van der Waals surface area contributed by atoms with Crippen LogP contribution in [0.1, 0.15) is 19.8 Å². The topological polar surface area (TPSA) is 23.8 Å². The molecule has 7 heavy (non-hydrogen) atoms. The van der Waals surface area contributed by atoms with E-state index in [0.717, 1.165) is 0 Å². The summed E-state index contributed by atoms with van der Waals surface area (Å²) in [5.74, 6) is 0. The molecule has 0 aliphatic heterocycles. The molecule has 0 saturated heterocycles. The Balaban J connectivity index is 2.60. The molecule has 0 aliphatic rings. The average molecular weight is 284 g/mol. The van der Waals surface area contributed by atoms with E-state index in [1.165, 1.54) is 16.8 Å². The second kappa shape index (κ2) is 6.43. The molecule has 0 rings (SSSR count). The molecule has 0 unspecified atom stereocenters. The Labute approximate surface area is 57.1 Å². The van der Waals surface area contributed by atoms with Gasteiger partial charge in [0.15, 0.2) is 0 Å². The normalized spacial score (nSPS) is 6.86. The zero-order valence-electron chi connectivity index (χ0n) is 4.78. The third-order valence-corrected chi connectivity index (χ3v) is 5.08. The fraction of sp³-hybridized carbons (Fsp3) is 0.800. The van der Waals surface area contributed by atoms with Gasteiger partial charge in [0, 0.05) is 0 Å². The van der Waals surface area contributed by atoms with Gasteiger partial charge in [-0.15, -0.1) is 0 Å². The molecule has 0 aromatic rings. The van der Waals surface area contributed by atoms with Gasteiger partial charge in [-0.05, 0) is 0 Å². The van der Waals surface area contributed by atoms with Crippen LogP contribution in [0.2, 0.25) is 3.93 Å². The van der Waals surface area contributed by atoms with E-state index in [-0.39, 0.29) is 0 Å². The molecule has 0 heterocycles. The van der Waals surface area contributed by atoms with Crippen LogP contribution in [0.5, 0.6) is 0 Å². The van der Waals surface area contributed by atoms with Crippen molar-refractivity contribution in [2.45, 2.75) is 23.7 Å². The van der Waals surface area contributed by atoms with Crippen molar-refractivity contribution in [3.05, 3.63) is 0 Å². The third-order valence-electron chi connectivity index (χ3n) is 0.892. The first-order chi connectivity index (χ1) is 3.41. The number of hydrogen-bond acceptors (Lipinski definition) is 1. The molecule has 0 radical (unpaired) electrons. The molecule has 0 atom stereocenters. The quantitative estimate of drug-likeness (QED) is 0.572. The summed E-state index contributed by atoms with van der Waals surface area (Å²) in [4.78, 5) is 0. The van der Waals surface area contributed by atoms with Crippen LogP contribution in [0.3, 0.4) is 0 Å². The van der Waals surface area contributed by atoms with Crippen molar-refractivity contribution < 1.29 is 24.6 Å². The van der Waals surface area contributed by atoms with Gasteiger partial charge in [-0.25, -0.2) is 0 Å². The monoisotopic (exact) mass is 285 g/mol.